The van der Waals surface area contributed by atoms with Crippen molar-refractivity contribution in [2.24, 2.45) is 11.8 Å². The van der Waals surface area contributed by atoms with Crippen LogP contribution in [0.25, 0.3) is 0 Å². The van der Waals surface area contributed by atoms with Gasteiger partial charge in [0.05, 0.1) is 11.8 Å². The highest BCUT2D eigenvalue weighted by Gasteiger charge is 2.34. The number of carbonyl (C=O) groups is 4. The summed E-state index contributed by atoms with van der Waals surface area (Å²) in [6.07, 6.45) is 4.37. The van der Waals surface area contributed by atoms with Crippen molar-refractivity contribution in [3.05, 3.63) is 102 Å². The monoisotopic (exact) mass is 528 g/mol. The number of amides is 2. The number of hydrogen-bond acceptors (Lipinski definition) is 5. The zero-order valence-corrected chi connectivity index (χ0v) is 21.6. The number of hydrogen-bond donors (Lipinski definition) is 3. The number of carbonyl (C=O) groups excluding carboxylic acids is 3. The Kier molecular flexibility index (Phi) is 8.76. The van der Waals surface area contributed by atoms with E-state index in [1.165, 1.54) is 18.7 Å². The first kappa shape index (κ1) is 26.9. The van der Waals surface area contributed by atoms with E-state index in [4.69, 9.17) is 0 Å². The SMILES string of the molecule is CC(=O)c1ccc(NC(=O)[C@@H](Sc2ccc(NC(=O)[C@@H]3CC=CC[C@@H]3C(=O)O)cc2)c2ccccc2)cc1. The smallest absolute Gasteiger partial charge is 0.307 e. The van der Waals surface area contributed by atoms with Crippen LogP contribution in [0.1, 0.15) is 40.9 Å². The zero-order valence-electron chi connectivity index (χ0n) is 20.8. The molecular weight excluding hydrogens is 500 g/mol. The lowest BCUT2D eigenvalue weighted by atomic mass is 9.82. The van der Waals surface area contributed by atoms with Crippen molar-refractivity contribution in [1.82, 2.24) is 0 Å². The van der Waals surface area contributed by atoms with Crippen molar-refractivity contribution >= 4 is 46.7 Å². The number of ketones is 1. The molecule has 1 aliphatic rings. The van der Waals surface area contributed by atoms with E-state index in [0.717, 1.165) is 10.5 Å². The number of benzene rings is 3. The largest absolute Gasteiger partial charge is 0.481 e. The fraction of sp³-hybridized carbons (Fsp3) is 0.200. The normalized spacial score (nSPS) is 17.3. The van der Waals surface area contributed by atoms with Crippen LogP contribution in [0.15, 0.2) is 95.9 Å². The summed E-state index contributed by atoms with van der Waals surface area (Å²) in [5.41, 5.74) is 2.56. The van der Waals surface area contributed by atoms with Gasteiger partial charge >= 0.3 is 5.97 Å². The third kappa shape index (κ3) is 6.77. The van der Waals surface area contributed by atoms with Crippen LogP contribution in [0.4, 0.5) is 11.4 Å². The van der Waals surface area contributed by atoms with Crippen LogP contribution in [0, 0.1) is 11.8 Å². The molecule has 0 aromatic heterocycles. The Morgan fingerprint density at radius 1 is 0.789 bits per heavy atom. The van der Waals surface area contributed by atoms with Gasteiger partial charge in [0, 0.05) is 21.8 Å². The molecule has 0 saturated heterocycles. The summed E-state index contributed by atoms with van der Waals surface area (Å²) < 4.78 is 0. The number of rotatable bonds is 9. The molecule has 0 saturated carbocycles. The first-order valence-corrected chi connectivity index (χ1v) is 13.1. The van der Waals surface area contributed by atoms with Crippen molar-refractivity contribution in [2.75, 3.05) is 10.6 Å². The molecular formula is C30H28N2O5S. The van der Waals surface area contributed by atoms with Crippen molar-refractivity contribution in [1.29, 1.82) is 0 Å². The minimum absolute atomic E-state index is 0.0440. The summed E-state index contributed by atoms with van der Waals surface area (Å²) in [4.78, 5) is 50.0. The van der Waals surface area contributed by atoms with E-state index in [9.17, 15) is 24.3 Å². The molecule has 3 atom stereocenters. The van der Waals surface area contributed by atoms with Gasteiger partial charge in [-0.25, -0.2) is 0 Å². The molecule has 4 rings (SSSR count). The summed E-state index contributed by atoms with van der Waals surface area (Å²) in [6.45, 7) is 1.49. The van der Waals surface area contributed by atoms with Gasteiger partial charge in [0.15, 0.2) is 5.78 Å². The van der Waals surface area contributed by atoms with Crippen LogP contribution in [0.5, 0.6) is 0 Å². The van der Waals surface area contributed by atoms with Crippen LogP contribution in [0.3, 0.4) is 0 Å². The number of thioether (sulfide) groups is 1. The number of carboxylic acids is 1. The molecule has 3 aromatic rings. The molecule has 0 heterocycles. The lowest BCUT2D eigenvalue weighted by Gasteiger charge is -2.24. The molecule has 0 unspecified atom stereocenters. The topological polar surface area (TPSA) is 113 Å². The number of aliphatic carboxylic acids is 1. The van der Waals surface area contributed by atoms with Gasteiger partial charge in [0.25, 0.3) is 0 Å². The third-order valence-electron chi connectivity index (χ3n) is 6.36. The van der Waals surface area contributed by atoms with E-state index >= 15 is 0 Å². The van der Waals surface area contributed by atoms with Crippen LogP contribution in [-0.2, 0) is 14.4 Å². The standard InChI is InChI=1S/C30H28N2O5S/c1-19(33)20-11-13-22(14-12-20)32-29(35)27(21-7-3-2-4-8-21)38-24-17-15-23(16-18-24)31-28(34)25-9-5-6-10-26(25)30(36)37/h2-8,11-18,25-27H,9-10H2,1H3,(H,31,34)(H,32,35)(H,36,37)/t25-,26+,27+/m1/s1. The number of allylic oxidation sites excluding steroid dienone is 2. The first-order chi connectivity index (χ1) is 18.3. The molecule has 38 heavy (non-hydrogen) atoms. The van der Waals surface area contributed by atoms with Gasteiger partial charge < -0.3 is 15.7 Å². The lowest BCUT2D eigenvalue weighted by Crippen LogP contribution is -2.34. The van der Waals surface area contributed by atoms with Crippen molar-refractivity contribution < 1.29 is 24.3 Å². The van der Waals surface area contributed by atoms with Crippen LogP contribution in [-0.4, -0.2) is 28.7 Å². The average molecular weight is 529 g/mol. The van der Waals surface area contributed by atoms with Crippen LogP contribution >= 0.6 is 11.8 Å². The quantitative estimate of drug-likeness (QED) is 0.179. The Morgan fingerprint density at radius 2 is 1.37 bits per heavy atom. The van der Waals surface area contributed by atoms with Crippen molar-refractivity contribution in [2.45, 2.75) is 29.9 Å². The molecule has 3 N–H and O–H groups in total. The summed E-state index contributed by atoms with van der Waals surface area (Å²) in [5, 5.41) is 14.7. The predicted molar refractivity (Wildman–Crippen MR) is 148 cm³/mol. The Bertz CT molecular complexity index is 1340. The molecule has 8 heteroatoms. The van der Waals surface area contributed by atoms with E-state index in [1.54, 1.807) is 42.5 Å². The second-order valence-electron chi connectivity index (χ2n) is 9.04. The van der Waals surface area contributed by atoms with E-state index < -0.39 is 23.1 Å². The molecule has 7 nitrogen and oxygen atoms in total. The van der Waals surface area contributed by atoms with E-state index in [2.05, 4.69) is 10.6 Å². The van der Waals surface area contributed by atoms with Gasteiger partial charge in [0.2, 0.25) is 11.8 Å². The Hall–Kier alpha value is -4.17. The first-order valence-electron chi connectivity index (χ1n) is 12.2. The lowest BCUT2D eigenvalue weighted by molar-refractivity contribution is -0.146. The van der Waals surface area contributed by atoms with Crippen molar-refractivity contribution in [3.8, 4) is 0 Å². The second-order valence-corrected chi connectivity index (χ2v) is 10.2. The summed E-state index contributed by atoms with van der Waals surface area (Å²) in [5.74, 6) is -2.90. The zero-order chi connectivity index (χ0) is 27.1. The maximum atomic E-state index is 13.3. The van der Waals surface area contributed by atoms with Crippen LogP contribution in [0.2, 0.25) is 0 Å². The number of Topliss-reactive ketones (excluding diaryl/α,β-unsaturated/α-hetero) is 1. The molecule has 3 aromatic carbocycles. The van der Waals surface area contributed by atoms with E-state index in [1.807, 2.05) is 48.5 Å². The fourth-order valence-electron chi connectivity index (χ4n) is 4.26. The van der Waals surface area contributed by atoms with Gasteiger partial charge in [-0.15, -0.1) is 11.8 Å². The van der Waals surface area contributed by atoms with E-state index in [0.29, 0.717) is 29.8 Å². The van der Waals surface area contributed by atoms with Gasteiger partial charge in [-0.05, 0) is 73.9 Å². The summed E-state index contributed by atoms with van der Waals surface area (Å²) in [7, 11) is 0. The minimum Gasteiger partial charge on any atom is -0.481 e. The Morgan fingerprint density at radius 3 is 1.97 bits per heavy atom. The Balaban J connectivity index is 1.46. The predicted octanol–water partition coefficient (Wildman–Crippen LogP) is 5.97. The maximum Gasteiger partial charge on any atom is 0.307 e. The fourth-order valence-corrected chi connectivity index (χ4v) is 5.29. The molecule has 0 radical (unpaired) electrons. The van der Waals surface area contributed by atoms with Gasteiger partial charge in [0.1, 0.15) is 5.25 Å². The average Bonchev–Trinajstić information content (AvgIpc) is 2.93. The van der Waals surface area contributed by atoms with Crippen LogP contribution < -0.4 is 10.6 Å². The highest BCUT2D eigenvalue weighted by molar-refractivity contribution is 8.00. The molecule has 0 spiro atoms. The van der Waals surface area contributed by atoms with Gasteiger partial charge in [-0.3, -0.25) is 19.2 Å². The second kappa shape index (κ2) is 12.4. The minimum atomic E-state index is -0.971. The number of carboxylic acid groups (broad SMARTS) is 1. The summed E-state index contributed by atoms with van der Waals surface area (Å²) >= 11 is 1.37. The van der Waals surface area contributed by atoms with E-state index in [-0.39, 0.29) is 17.6 Å². The van der Waals surface area contributed by atoms with Gasteiger partial charge in [-0.1, -0.05) is 42.5 Å². The molecule has 0 bridgehead atoms. The Labute approximate surface area is 225 Å². The number of anilines is 2. The molecule has 194 valence electrons. The summed E-state index contributed by atoms with van der Waals surface area (Å²) in [6, 6.07) is 23.3. The molecule has 0 aliphatic heterocycles. The number of nitrogens with one attached hydrogen (secondary N) is 2. The third-order valence-corrected chi connectivity index (χ3v) is 7.63. The van der Waals surface area contributed by atoms with Gasteiger partial charge in [-0.2, -0.15) is 0 Å². The maximum absolute atomic E-state index is 13.3. The van der Waals surface area contributed by atoms with Crippen molar-refractivity contribution in [3.63, 3.8) is 0 Å². The molecule has 2 amide bonds. The highest BCUT2D eigenvalue weighted by atomic mass is 32.2. The molecule has 1 aliphatic carbocycles. The highest BCUT2D eigenvalue weighted by Crippen LogP contribution is 2.37. The molecule has 0 fully saturated rings.